The fourth-order valence-electron chi connectivity index (χ4n) is 4.61. The van der Waals surface area contributed by atoms with Crippen LogP contribution in [0.1, 0.15) is 36.3 Å². The van der Waals surface area contributed by atoms with E-state index in [-0.39, 0.29) is 11.7 Å². The van der Waals surface area contributed by atoms with Crippen molar-refractivity contribution in [3.8, 4) is 11.3 Å². The molecule has 1 N–H and O–H groups in total. The molecule has 0 saturated heterocycles. The largest absolute Gasteiger partial charge is 0.455 e. The summed E-state index contributed by atoms with van der Waals surface area (Å²) in [5.41, 5.74) is 6.51. The number of rotatable bonds is 9. The normalized spacial score (nSPS) is 16.3. The molecular weight excluding hydrogens is 483 g/mol. The first-order valence-electron chi connectivity index (χ1n) is 12.1. The molecule has 0 amide bonds. The van der Waals surface area contributed by atoms with Gasteiger partial charge >= 0.3 is 0 Å². The number of aliphatic imine (C=N–C) groups is 1. The van der Waals surface area contributed by atoms with E-state index in [1.54, 1.807) is 12.1 Å². The maximum absolute atomic E-state index is 13.7. The third kappa shape index (κ3) is 5.11. The minimum atomic E-state index is -3.52. The number of nitrogens with zero attached hydrogens (tertiary/aromatic N) is 3. The Labute approximate surface area is 210 Å². The minimum absolute atomic E-state index is 0.289. The van der Waals surface area contributed by atoms with E-state index in [0.29, 0.717) is 54.5 Å². The van der Waals surface area contributed by atoms with E-state index in [9.17, 15) is 12.8 Å². The monoisotopic (exact) mass is 514 g/mol. The molecule has 0 bridgehead atoms. The van der Waals surface area contributed by atoms with Crippen molar-refractivity contribution in [1.29, 1.82) is 0 Å². The van der Waals surface area contributed by atoms with Crippen LogP contribution in [-0.2, 0) is 14.9 Å². The Hall–Kier alpha value is -2.95. The van der Waals surface area contributed by atoms with Gasteiger partial charge in [-0.15, -0.1) is 0 Å². The van der Waals surface area contributed by atoms with Gasteiger partial charge in [0, 0.05) is 23.6 Å². The van der Waals surface area contributed by atoms with Crippen LogP contribution in [0.5, 0.6) is 0 Å². The third-order valence-electron chi connectivity index (χ3n) is 6.47. The zero-order valence-electron chi connectivity index (χ0n) is 20.8. The number of furan rings is 1. The second kappa shape index (κ2) is 9.84. The zero-order chi connectivity index (χ0) is 25.4. The smallest absolute Gasteiger partial charge is 0.232 e. The van der Waals surface area contributed by atoms with Crippen LogP contribution in [0.4, 0.5) is 10.1 Å². The van der Waals surface area contributed by atoms with Crippen LogP contribution in [0, 0.1) is 5.82 Å². The lowest BCUT2D eigenvalue weighted by molar-refractivity contribution is 0.0827. The van der Waals surface area contributed by atoms with Gasteiger partial charge in [-0.1, -0.05) is 0 Å². The molecule has 36 heavy (non-hydrogen) atoms. The molecule has 1 aromatic heterocycles. The van der Waals surface area contributed by atoms with Crippen molar-refractivity contribution in [2.24, 2.45) is 4.99 Å². The lowest BCUT2D eigenvalue weighted by Gasteiger charge is -2.26. The predicted octanol–water partition coefficient (Wildman–Crippen LogP) is 4.12. The number of halogens is 1. The van der Waals surface area contributed by atoms with Gasteiger partial charge in [-0.05, 0) is 81.7 Å². The van der Waals surface area contributed by atoms with E-state index in [2.05, 4.69) is 10.5 Å². The molecule has 8 nitrogen and oxygen atoms in total. The van der Waals surface area contributed by atoms with Crippen molar-refractivity contribution in [3.63, 3.8) is 0 Å². The van der Waals surface area contributed by atoms with Crippen molar-refractivity contribution in [2.45, 2.75) is 25.2 Å². The van der Waals surface area contributed by atoms with Gasteiger partial charge in [-0.2, -0.15) is 0 Å². The third-order valence-corrected chi connectivity index (χ3v) is 7.65. The van der Waals surface area contributed by atoms with Crippen molar-refractivity contribution >= 4 is 32.5 Å². The number of sulfonamides is 1. The molecule has 1 aliphatic heterocycles. The molecular formula is C26H31FN4O4S. The molecule has 0 radical (unpaired) electrons. The Kier molecular flexibility index (Phi) is 6.76. The Morgan fingerprint density at radius 1 is 1.14 bits per heavy atom. The van der Waals surface area contributed by atoms with E-state index < -0.39 is 10.0 Å². The molecule has 2 heterocycles. The fraction of sp³-hybridized carbons (Fsp3) is 0.423. The number of hydroxylamine groups is 1. The average Bonchev–Trinajstić information content (AvgIpc) is 3.61. The van der Waals surface area contributed by atoms with Crippen LogP contribution in [0.2, 0.25) is 0 Å². The van der Waals surface area contributed by atoms with Crippen LogP contribution in [0.15, 0.2) is 45.8 Å². The van der Waals surface area contributed by atoms with E-state index in [4.69, 9.17) is 9.25 Å². The molecule has 3 aromatic rings. The van der Waals surface area contributed by atoms with Crippen LogP contribution >= 0.6 is 0 Å². The highest BCUT2D eigenvalue weighted by Crippen LogP contribution is 2.48. The zero-order valence-corrected chi connectivity index (χ0v) is 21.6. The summed E-state index contributed by atoms with van der Waals surface area (Å²) in [4.78, 5) is 12.1. The van der Waals surface area contributed by atoms with Crippen molar-refractivity contribution in [3.05, 3.63) is 53.3 Å². The molecule has 2 aromatic carbocycles. The fourth-order valence-corrected chi connectivity index (χ4v) is 5.58. The Balaban J connectivity index is 1.70. The summed E-state index contributed by atoms with van der Waals surface area (Å²) in [6.07, 6.45) is 3.96. The maximum Gasteiger partial charge on any atom is 0.232 e. The Morgan fingerprint density at radius 3 is 2.50 bits per heavy atom. The summed E-state index contributed by atoms with van der Waals surface area (Å²) < 4.78 is 47.3. The van der Waals surface area contributed by atoms with E-state index >= 15 is 0 Å². The lowest BCUT2D eigenvalue weighted by Crippen LogP contribution is -2.33. The SMILES string of the molecule is CN(C)CCCN(c1cc2oc(-c3ccc(F)cc3)c(C3=NCCON3)c2cc1C1CC1)S(C)(=O)=O. The molecule has 1 aliphatic carbocycles. The van der Waals surface area contributed by atoms with Gasteiger partial charge in [0.15, 0.2) is 5.84 Å². The van der Waals surface area contributed by atoms with Gasteiger partial charge in [0.25, 0.3) is 0 Å². The van der Waals surface area contributed by atoms with Gasteiger partial charge in [0.05, 0.1) is 30.7 Å². The standard InChI is InChI=1S/C26H31FN4O4S/c1-30(2)12-4-13-31(36(3,32)33)22-16-23-21(15-20(22)17-5-6-17)24(26-28-11-14-34-29-26)25(35-23)18-7-9-19(27)10-8-18/h7-10,15-17H,4-6,11-14H2,1-3H3,(H,28,29). The first kappa shape index (κ1) is 24.7. The Bertz CT molecular complexity index is 1400. The summed E-state index contributed by atoms with van der Waals surface area (Å²) in [7, 11) is 0.425. The van der Waals surface area contributed by atoms with Gasteiger partial charge in [0.2, 0.25) is 10.0 Å². The summed E-state index contributed by atoms with van der Waals surface area (Å²) in [6.45, 7) is 2.11. The molecule has 0 unspecified atom stereocenters. The van der Waals surface area contributed by atoms with E-state index in [1.807, 2.05) is 31.1 Å². The summed E-state index contributed by atoms with van der Waals surface area (Å²) in [5.74, 6) is 1.02. The highest BCUT2D eigenvalue weighted by Gasteiger charge is 2.33. The van der Waals surface area contributed by atoms with Gasteiger partial charge in [0.1, 0.15) is 17.2 Å². The van der Waals surface area contributed by atoms with Crippen LogP contribution in [-0.4, -0.2) is 65.7 Å². The summed E-state index contributed by atoms with van der Waals surface area (Å²) in [5, 5.41) is 0.818. The van der Waals surface area contributed by atoms with Gasteiger partial charge < -0.3 is 9.32 Å². The van der Waals surface area contributed by atoms with Crippen molar-refractivity contribution < 1.29 is 22.1 Å². The average molecular weight is 515 g/mol. The number of hydrogen-bond acceptors (Lipinski definition) is 7. The highest BCUT2D eigenvalue weighted by atomic mass is 32.2. The molecule has 0 atom stereocenters. The first-order chi connectivity index (χ1) is 17.2. The summed E-state index contributed by atoms with van der Waals surface area (Å²) >= 11 is 0. The molecule has 2 aliphatic rings. The highest BCUT2D eigenvalue weighted by molar-refractivity contribution is 7.92. The second-order valence-corrected chi connectivity index (χ2v) is 11.6. The van der Waals surface area contributed by atoms with Crippen molar-refractivity contribution in [1.82, 2.24) is 10.4 Å². The van der Waals surface area contributed by atoms with Crippen molar-refractivity contribution in [2.75, 3.05) is 50.9 Å². The number of nitrogens with one attached hydrogen (secondary N) is 1. The topological polar surface area (TPSA) is 87.4 Å². The maximum atomic E-state index is 13.7. The molecule has 5 rings (SSSR count). The molecule has 1 saturated carbocycles. The lowest BCUT2D eigenvalue weighted by atomic mass is 10.00. The quantitative estimate of drug-likeness (QED) is 0.462. The first-order valence-corrected chi connectivity index (χ1v) is 14.0. The van der Waals surface area contributed by atoms with Gasteiger partial charge in [-0.25, -0.2) is 18.3 Å². The van der Waals surface area contributed by atoms with E-state index in [0.717, 1.165) is 35.9 Å². The molecule has 1 fully saturated rings. The van der Waals surface area contributed by atoms with Crippen LogP contribution < -0.4 is 9.79 Å². The van der Waals surface area contributed by atoms with Gasteiger partial charge in [-0.3, -0.25) is 14.1 Å². The Morgan fingerprint density at radius 2 is 1.89 bits per heavy atom. The number of hydrogen-bond donors (Lipinski definition) is 1. The minimum Gasteiger partial charge on any atom is -0.455 e. The summed E-state index contributed by atoms with van der Waals surface area (Å²) in [6, 6.07) is 9.96. The number of benzene rings is 2. The molecule has 192 valence electrons. The van der Waals surface area contributed by atoms with Crippen LogP contribution in [0.3, 0.4) is 0 Å². The molecule has 0 spiro atoms. The number of amidine groups is 1. The number of anilines is 1. The predicted molar refractivity (Wildman–Crippen MR) is 139 cm³/mol. The second-order valence-electron chi connectivity index (χ2n) is 9.67. The molecule has 10 heteroatoms. The van der Waals surface area contributed by atoms with Crippen LogP contribution in [0.25, 0.3) is 22.3 Å². The number of fused-ring (bicyclic) bond motifs is 1. The van der Waals surface area contributed by atoms with E-state index in [1.165, 1.54) is 22.7 Å².